The number of fused-ring (bicyclic) bond motifs is 1. The van der Waals surface area contributed by atoms with Crippen molar-refractivity contribution in [1.29, 1.82) is 0 Å². The molecule has 0 atom stereocenters. The Morgan fingerprint density at radius 3 is 2.70 bits per heavy atom. The van der Waals surface area contributed by atoms with E-state index < -0.39 is 5.97 Å². The third-order valence-electron chi connectivity index (χ3n) is 5.91. The molecule has 0 aromatic heterocycles. The molecule has 6 nitrogen and oxygen atoms in total. The van der Waals surface area contributed by atoms with Crippen molar-refractivity contribution in [1.82, 2.24) is 15.1 Å². The lowest BCUT2D eigenvalue weighted by atomic mass is 9.85. The van der Waals surface area contributed by atoms with Crippen LogP contribution in [0.4, 0.5) is 4.79 Å². The van der Waals surface area contributed by atoms with E-state index in [1.807, 2.05) is 16.7 Å². The van der Waals surface area contributed by atoms with Crippen molar-refractivity contribution in [3.05, 3.63) is 34.9 Å². The van der Waals surface area contributed by atoms with Gasteiger partial charge in [-0.3, -0.25) is 9.69 Å². The number of hydrogen-bond acceptors (Lipinski definition) is 3. The average molecular weight is 373 g/mol. The van der Waals surface area contributed by atoms with Crippen LogP contribution in [0.15, 0.2) is 18.2 Å². The summed E-state index contributed by atoms with van der Waals surface area (Å²) in [5, 5.41) is 12.1. The fourth-order valence-corrected chi connectivity index (χ4v) is 4.30. The van der Waals surface area contributed by atoms with E-state index in [0.29, 0.717) is 12.5 Å². The Balaban J connectivity index is 1.52. The van der Waals surface area contributed by atoms with Crippen LogP contribution in [0.1, 0.15) is 56.2 Å². The summed E-state index contributed by atoms with van der Waals surface area (Å²) in [5.41, 5.74) is 4.06. The topological polar surface area (TPSA) is 72.9 Å². The molecule has 1 aliphatic carbocycles. The Kier molecular flexibility index (Phi) is 6.05. The molecule has 1 aromatic carbocycles. The second-order valence-electron chi connectivity index (χ2n) is 8.04. The first kappa shape index (κ1) is 19.7. The van der Waals surface area contributed by atoms with E-state index in [1.54, 1.807) is 0 Å². The number of hydrogen-bond donors (Lipinski definition) is 2. The molecule has 1 heterocycles. The number of benzene rings is 1. The summed E-state index contributed by atoms with van der Waals surface area (Å²) >= 11 is 0. The van der Waals surface area contributed by atoms with Crippen LogP contribution in [0.5, 0.6) is 0 Å². The van der Waals surface area contributed by atoms with Gasteiger partial charge >= 0.3 is 12.0 Å². The van der Waals surface area contributed by atoms with Crippen molar-refractivity contribution < 1.29 is 14.7 Å². The normalized spacial score (nSPS) is 21.7. The van der Waals surface area contributed by atoms with E-state index in [0.717, 1.165) is 32.4 Å². The van der Waals surface area contributed by atoms with Gasteiger partial charge in [-0.1, -0.05) is 39.0 Å². The largest absolute Gasteiger partial charge is 0.480 e. The minimum absolute atomic E-state index is 0.000308. The number of carbonyl (C=O) groups is 2. The minimum atomic E-state index is -0.794. The molecule has 0 radical (unpaired) electrons. The van der Waals surface area contributed by atoms with Crippen molar-refractivity contribution >= 4 is 12.0 Å². The Morgan fingerprint density at radius 2 is 2.07 bits per heavy atom. The minimum Gasteiger partial charge on any atom is -0.480 e. The van der Waals surface area contributed by atoms with Crippen LogP contribution in [0.2, 0.25) is 0 Å². The SMILES string of the molecule is CCN(CC(=O)O)C1CC(NC(=O)N2CCc3c(cccc3C(C)C)C2)C1. The summed E-state index contributed by atoms with van der Waals surface area (Å²) in [6, 6.07) is 6.82. The Bertz CT molecular complexity index is 698. The molecule has 1 aromatic rings. The molecule has 0 spiro atoms. The summed E-state index contributed by atoms with van der Waals surface area (Å²) in [6.45, 7) is 8.61. The third kappa shape index (κ3) is 4.43. The summed E-state index contributed by atoms with van der Waals surface area (Å²) in [4.78, 5) is 27.5. The quantitative estimate of drug-likeness (QED) is 0.804. The zero-order valence-corrected chi connectivity index (χ0v) is 16.6. The van der Waals surface area contributed by atoms with Crippen LogP contribution in [0.3, 0.4) is 0 Å². The molecule has 2 aliphatic rings. The highest BCUT2D eigenvalue weighted by Gasteiger charge is 2.35. The van der Waals surface area contributed by atoms with Crippen molar-refractivity contribution in [2.75, 3.05) is 19.6 Å². The van der Waals surface area contributed by atoms with Gasteiger partial charge in [-0.15, -0.1) is 0 Å². The molecule has 2 amide bonds. The Morgan fingerprint density at radius 1 is 1.33 bits per heavy atom. The third-order valence-corrected chi connectivity index (χ3v) is 5.91. The average Bonchev–Trinajstić information content (AvgIpc) is 2.61. The fraction of sp³-hybridized carbons (Fsp3) is 0.619. The molecule has 1 aliphatic heterocycles. The molecule has 2 N–H and O–H groups in total. The molecule has 0 saturated heterocycles. The second-order valence-corrected chi connectivity index (χ2v) is 8.04. The first-order valence-corrected chi connectivity index (χ1v) is 10.0. The lowest BCUT2D eigenvalue weighted by Crippen LogP contribution is -2.57. The number of carboxylic acid groups (broad SMARTS) is 1. The maximum absolute atomic E-state index is 12.7. The second kappa shape index (κ2) is 8.30. The van der Waals surface area contributed by atoms with Crippen molar-refractivity contribution in [3.8, 4) is 0 Å². The van der Waals surface area contributed by atoms with Crippen LogP contribution in [-0.4, -0.2) is 58.6 Å². The van der Waals surface area contributed by atoms with Gasteiger partial charge in [0.05, 0.1) is 6.54 Å². The summed E-state index contributed by atoms with van der Waals surface area (Å²) < 4.78 is 0. The molecule has 1 saturated carbocycles. The molecule has 3 rings (SSSR count). The number of nitrogens with zero attached hydrogens (tertiary/aromatic N) is 2. The van der Waals surface area contributed by atoms with Crippen LogP contribution >= 0.6 is 0 Å². The van der Waals surface area contributed by atoms with Gasteiger partial charge in [0.15, 0.2) is 0 Å². The maximum atomic E-state index is 12.7. The number of rotatable bonds is 6. The summed E-state index contributed by atoms with van der Waals surface area (Å²) in [7, 11) is 0. The Labute approximate surface area is 161 Å². The number of carbonyl (C=O) groups excluding carboxylic acids is 1. The molecule has 0 unspecified atom stereocenters. The smallest absolute Gasteiger partial charge is 0.317 e. The van der Waals surface area contributed by atoms with Crippen molar-refractivity contribution in [2.24, 2.45) is 0 Å². The van der Waals surface area contributed by atoms with Crippen molar-refractivity contribution in [2.45, 2.75) is 64.6 Å². The predicted octanol–water partition coefficient (Wildman–Crippen LogP) is 2.82. The number of aliphatic carboxylic acids is 1. The summed E-state index contributed by atoms with van der Waals surface area (Å²) in [5.74, 6) is -0.295. The van der Waals surface area contributed by atoms with Gasteiger partial charge in [0.25, 0.3) is 0 Å². The zero-order chi connectivity index (χ0) is 19.6. The molecular weight excluding hydrogens is 342 g/mol. The van der Waals surface area contributed by atoms with E-state index in [2.05, 4.69) is 37.4 Å². The molecule has 6 heteroatoms. The van der Waals surface area contributed by atoms with Crippen LogP contribution in [0, 0.1) is 0 Å². The van der Waals surface area contributed by atoms with E-state index >= 15 is 0 Å². The highest BCUT2D eigenvalue weighted by atomic mass is 16.4. The number of urea groups is 1. The Hall–Kier alpha value is -2.08. The first-order chi connectivity index (χ1) is 12.9. The fourth-order valence-electron chi connectivity index (χ4n) is 4.30. The van der Waals surface area contributed by atoms with Crippen LogP contribution < -0.4 is 5.32 Å². The zero-order valence-electron chi connectivity index (χ0n) is 16.6. The van der Waals surface area contributed by atoms with Crippen LogP contribution in [0.25, 0.3) is 0 Å². The molecular formula is C21H31N3O3. The molecule has 0 bridgehead atoms. The van der Waals surface area contributed by atoms with Gasteiger partial charge in [0.1, 0.15) is 0 Å². The van der Waals surface area contributed by atoms with Crippen LogP contribution in [-0.2, 0) is 17.8 Å². The highest BCUT2D eigenvalue weighted by Crippen LogP contribution is 2.29. The number of carboxylic acids is 1. The highest BCUT2D eigenvalue weighted by molar-refractivity contribution is 5.75. The number of amides is 2. The number of nitrogens with one attached hydrogen (secondary N) is 1. The van der Waals surface area contributed by atoms with Gasteiger partial charge in [-0.05, 0) is 48.4 Å². The van der Waals surface area contributed by atoms with Gasteiger partial charge in [-0.25, -0.2) is 4.79 Å². The first-order valence-electron chi connectivity index (χ1n) is 10.0. The van der Waals surface area contributed by atoms with E-state index in [4.69, 9.17) is 5.11 Å². The van der Waals surface area contributed by atoms with Crippen molar-refractivity contribution in [3.63, 3.8) is 0 Å². The van der Waals surface area contributed by atoms with Gasteiger partial charge in [-0.2, -0.15) is 0 Å². The lowest BCUT2D eigenvalue weighted by molar-refractivity contribution is -0.139. The number of likely N-dealkylation sites (N-methyl/N-ethyl adjacent to an activating group) is 1. The maximum Gasteiger partial charge on any atom is 0.317 e. The standard InChI is InChI=1S/C21H31N3O3/c1-4-23(13-20(25)26)17-10-16(11-17)22-21(27)24-9-8-19-15(12-24)6-5-7-18(19)14(2)3/h5-7,14,16-17H,4,8-13H2,1-3H3,(H,22,27)(H,25,26). The predicted molar refractivity (Wildman–Crippen MR) is 105 cm³/mol. The van der Waals surface area contributed by atoms with E-state index in [-0.39, 0.29) is 24.7 Å². The van der Waals surface area contributed by atoms with E-state index in [1.165, 1.54) is 16.7 Å². The lowest BCUT2D eigenvalue weighted by Gasteiger charge is -2.43. The van der Waals surface area contributed by atoms with Gasteiger partial charge < -0.3 is 15.3 Å². The summed E-state index contributed by atoms with van der Waals surface area (Å²) in [6.07, 6.45) is 2.57. The molecule has 148 valence electrons. The molecule has 1 fully saturated rings. The molecule has 27 heavy (non-hydrogen) atoms. The van der Waals surface area contributed by atoms with Gasteiger partial charge in [0, 0.05) is 25.2 Å². The van der Waals surface area contributed by atoms with E-state index in [9.17, 15) is 9.59 Å². The monoisotopic (exact) mass is 373 g/mol. The van der Waals surface area contributed by atoms with Gasteiger partial charge in [0.2, 0.25) is 0 Å².